The number of hydrogen-bond donors (Lipinski definition) is 1. The fraction of sp³-hybridized carbons (Fsp3) is 0.310. The van der Waals surface area contributed by atoms with Crippen LogP contribution in [0.2, 0.25) is 5.02 Å². The van der Waals surface area contributed by atoms with E-state index in [-0.39, 0.29) is 33.6 Å². The van der Waals surface area contributed by atoms with E-state index in [9.17, 15) is 22.4 Å². The van der Waals surface area contributed by atoms with Crippen molar-refractivity contribution in [2.24, 2.45) is 5.92 Å². The Morgan fingerprint density at radius 1 is 1.00 bits per heavy atom. The molecule has 0 fully saturated rings. The van der Waals surface area contributed by atoms with Crippen molar-refractivity contribution in [3.05, 3.63) is 89.2 Å². The Morgan fingerprint density at radius 3 is 2.27 bits per heavy atom. The van der Waals surface area contributed by atoms with Gasteiger partial charge in [0, 0.05) is 23.7 Å². The molecule has 0 bridgehead atoms. The number of halogens is 2. The molecule has 3 aromatic carbocycles. The Balaban J connectivity index is 2.03. The fourth-order valence-electron chi connectivity index (χ4n) is 3.88. The van der Waals surface area contributed by atoms with Gasteiger partial charge in [-0.2, -0.15) is 0 Å². The molecule has 0 heterocycles. The van der Waals surface area contributed by atoms with Gasteiger partial charge in [-0.05, 0) is 61.4 Å². The number of anilines is 1. The molecule has 8 nitrogen and oxygen atoms in total. The first-order valence-corrected chi connectivity index (χ1v) is 14.5. The third-order valence-electron chi connectivity index (χ3n) is 6.17. The Labute approximate surface area is 239 Å². The molecule has 0 saturated heterocycles. The zero-order chi connectivity index (χ0) is 29.4. The molecule has 1 N–H and O–H groups in total. The van der Waals surface area contributed by atoms with Gasteiger partial charge in [0.05, 0.1) is 17.7 Å². The van der Waals surface area contributed by atoms with Gasteiger partial charge in [0.15, 0.2) is 0 Å². The summed E-state index contributed by atoms with van der Waals surface area (Å²) in [4.78, 5) is 27.9. The first-order chi connectivity index (χ1) is 18.9. The van der Waals surface area contributed by atoms with Gasteiger partial charge >= 0.3 is 0 Å². The van der Waals surface area contributed by atoms with E-state index in [2.05, 4.69) is 5.32 Å². The zero-order valence-electron chi connectivity index (χ0n) is 22.8. The minimum Gasteiger partial charge on any atom is -0.497 e. The molecule has 3 aromatic rings. The van der Waals surface area contributed by atoms with E-state index in [1.54, 1.807) is 18.2 Å². The monoisotopic (exact) mass is 589 g/mol. The van der Waals surface area contributed by atoms with Gasteiger partial charge in [-0.3, -0.25) is 13.9 Å². The van der Waals surface area contributed by atoms with Crippen LogP contribution in [0.4, 0.5) is 10.1 Å². The molecule has 1 atom stereocenters. The number of carbonyl (C=O) groups is 2. The summed E-state index contributed by atoms with van der Waals surface area (Å²) < 4.78 is 48.3. The lowest BCUT2D eigenvalue weighted by molar-refractivity contribution is -0.139. The third-order valence-corrected chi connectivity index (χ3v) is 8.20. The van der Waals surface area contributed by atoms with Crippen LogP contribution in [0.5, 0.6) is 5.75 Å². The van der Waals surface area contributed by atoms with Crippen LogP contribution in [0.25, 0.3) is 0 Å². The van der Waals surface area contributed by atoms with Crippen LogP contribution >= 0.6 is 11.6 Å². The van der Waals surface area contributed by atoms with E-state index >= 15 is 0 Å². The summed E-state index contributed by atoms with van der Waals surface area (Å²) in [6.45, 7) is 4.86. The highest BCUT2D eigenvalue weighted by molar-refractivity contribution is 7.92. The first kappa shape index (κ1) is 30.9. The number of benzene rings is 3. The van der Waals surface area contributed by atoms with Crippen LogP contribution in [0, 0.1) is 11.7 Å². The van der Waals surface area contributed by atoms with Crippen LogP contribution in [0.15, 0.2) is 77.7 Å². The van der Waals surface area contributed by atoms with Gasteiger partial charge in [-0.1, -0.05) is 49.7 Å². The predicted octanol–water partition coefficient (Wildman–Crippen LogP) is 4.87. The molecule has 0 unspecified atom stereocenters. The number of nitrogens with zero attached hydrogens (tertiary/aromatic N) is 2. The molecule has 2 amide bonds. The molecule has 214 valence electrons. The summed E-state index contributed by atoms with van der Waals surface area (Å²) in [6.07, 6.45) is 0. The lowest BCUT2D eigenvalue weighted by atomic mass is 10.1. The molecule has 0 aliphatic carbocycles. The average molecular weight is 590 g/mol. The molecule has 40 heavy (non-hydrogen) atoms. The lowest BCUT2D eigenvalue weighted by Gasteiger charge is -2.32. The summed E-state index contributed by atoms with van der Waals surface area (Å²) in [7, 11) is -2.81. The highest BCUT2D eigenvalue weighted by atomic mass is 35.5. The number of carbonyl (C=O) groups excluding carboxylic acids is 2. The van der Waals surface area contributed by atoms with Crippen molar-refractivity contribution in [1.29, 1.82) is 0 Å². The molecule has 0 radical (unpaired) electrons. The molecule has 3 rings (SSSR count). The summed E-state index contributed by atoms with van der Waals surface area (Å²) in [5.41, 5.74) is 0.339. The van der Waals surface area contributed by atoms with Crippen molar-refractivity contribution in [3.63, 3.8) is 0 Å². The van der Waals surface area contributed by atoms with Crippen molar-refractivity contribution in [1.82, 2.24) is 10.2 Å². The summed E-state index contributed by atoms with van der Waals surface area (Å²) in [6, 6.07) is 16.7. The van der Waals surface area contributed by atoms with Crippen LogP contribution in [0.3, 0.4) is 0 Å². The normalized spacial score (nSPS) is 12.1. The first-order valence-electron chi connectivity index (χ1n) is 12.7. The van der Waals surface area contributed by atoms with Gasteiger partial charge in [0.2, 0.25) is 11.8 Å². The average Bonchev–Trinajstić information content (AvgIpc) is 2.93. The van der Waals surface area contributed by atoms with Crippen LogP contribution in [-0.2, 0) is 26.2 Å². The summed E-state index contributed by atoms with van der Waals surface area (Å²) in [5.74, 6) is -1.06. The second kappa shape index (κ2) is 13.6. The van der Waals surface area contributed by atoms with E-state index in [0.29, 0.717) is 12.3 Å². The summed E-state index contributed by atoms with van der Waals surface area (Å²) >= 11 is 6.17. The second-order valence-corrected chi connectivity index (χ2v) is 11.9. The SMILES string of the molecule is COc1ccc(S(=O)(=O)N(CC(=O)N(Cc2ccccc2F)[C@H](C)C(=O)NCC(C)C)c2cccc(Cl)c2)cc1. The Hall–Kier alpha value is -3.63. The molecule has 0 spiro atoms. The minimum absolute atomic E-state index is 0.0792. The molecular formula is C29H33ClFN3O5S. The smallest absolute Gasteiger partial charge is 0.264 e. The van der Waals surface area contributed by atoms with Gasteiger partial charge in [-0.25, -0.2) is 12.8 Å². The topological polar surface area (TPSA) is 96.0 Å². The highest BCUT2D eigenvalue weighted by Crippen LogP contribution is 2.28. The van der Waals surface area contributed by atoms with Gasteiger partial charge in [0.25, 0.3) is 10.0 Å². The van der Waals surface area contributed by atoms with Crippen molar-refractivity contribution >= 4 is 39.1 Å². The highest BCUT2D eigenvalue weighted by Gasteiger charge is 2.33. The number of sulfonamides is 1. The van der Waals surface area contributed by atoms with E-state index < -0.39 is 40.2 Å². The van der Waals surface area contributed by atoms with E-state index in [1.165, 1.54) is 73.5 Å². The molecular weight excluding hydrogens is 557 g/mol. The number of rotatable bonds is 12. The van der Waals surface area contributed by atoms with E-state index in [4.69, 9.17) is 16.3 Å². The maximum Gasteiger partial charge on any atom is 0.264 e. The maximum atomic E-state index is 14.6. The number of hydrogen-bond acceptors (Lipinski definition) is 5. The van der Waals surface area contributed by atoms with Gasteiger partial charge in [-0.15, -0.1) is 0 Å². The molecule has 0 saturated carbocycles. The molecule has 0 aliphatic heterocycles. The van der Waals surface area contributed by atoms with Crippen molar-refractivity contribution < 1.29 is 27.1 Å². The standard InChI is InChI=1S/C29H33ClFN3O5S/c1-20(2)17-32-29(36)21(3)33(18-22-8-5-6-11-27(22)31)28(35)19-34(24-10-7-9-23(30)16-24)40(37,38)26-14-12-25(39-4)13-15-26/h5-16,20-21H,17-19H2,1-4H3,(H,32,36)/t21-/m1/s1. The largest absolute Gasteiger partial charge is 0.497 e. The number of amides is 2. The number of methoxy groups -OCH3 is 1. The number of nitrogens with one attached hydrogen (secondary N) is 1. The van der Waals surface area contributed by atoms with Crippen LogP contribution in [0.1, 0.15) is 26.3 Å². The molecule has 0 aliphatic rings. The van der Waals surface area contributed by atoms with Gasteiger partial charge in [0.1, 0.15) is 24.2 Å². The lowest BCUT2D eigenvalue weighted by Crippen LogP contribution is -2.51. The van der Waals surface area contributed by atoms with E-state index in [1.807, 2.05) is 13.8 Å². The quantitative estimate of drug-likeness (QED) is 0.325. The van der Waals surface area contributed by atoms with Gasteiger partial charge < -0.3 is 15.0 Å². The maximum absolute atomic E-state index is 14.6. The molecule has 0 aromatic heterocycles. The minimum atomic E-state index is -4.28. The number of ether oxygens (including phenoxy) is 1. The Kier molecular flexibility index (Phi) is 10.5. The van der Waals surface area contributed by atoms with Crippen LogP contribution in [-0.4, -0.2) is 51.4 Å². The Bertz CT molecular complexity index is 1430. The van der Waals surface area contributed by atoms with Crippen molar-refractivity contribution in [3.8, 4) is 5.75 Å². The fourth-order valence-corrected chi connectivity index (χ4v) is 5.47. The predicted molar refractivity (Wildman–Crippen MR) is 153 cm³/mol. The zero-order valence-corrected chi connectivity index (χ0v) is 24.4. The summed E-state index contributed by atoms with van der Waals surface area (Å²) in [5, 5.41) is 3.06. The van der Waals surface area contributed by atoms with E-state index in [0.717, 1.165) is 4.31 Å². The van der Waals surface area contributed by atoms with Crippen molar-refractivity contribution in [2.45, 2.75) is 38.3 Å². The molecule has 11 heteroatoms. The van der Waals surface area contributed by atoms with Crippen LogP contribution < -0.4 is 14.4 Å². The second-order valence-electron chi connectivity index (χ2n) is 9.60. The van der Waals surface area contributed by atoms with Crippen molar-refractivity contribution in [2.75, 3.05) is 24.5 Å². The Morgan fingerprint density at radius 2 is 1.68 bits per heavy atom. The third kappa shape index (κ3) is 7.73.